The molecule has 0 radical (unpaired) electrons. The largest absolute Gasteiger partial charge is 0.398 e. The van der Waals surface area contributed by atoms with E-state index < -0.39 is 5.92 Å². The van der Waals surface area contributed by atoms with E-state index in [1.807, 2.05) is 53.4 Å². The fourth-order valence-electron chi connectivity index (χ4n) is 2.70. The number of halogens is 2. The number of benzene rings is 2. The van der Waals surface area contributed by atoms with Gasteiger partial charge in [0.25, 0.3) is 5.92 Å². The molecule has 110 valence electrons. The molecule has 21 heavy (non-hydrogen) atoms. The van der Waals surface area contributed by atoms with E-state index in [1.54, 1.807) is 0 Å². The fourth-order valence-corrected chi connectivity index (χ4v) is 2.70. The lowest BCUT2D eigenvalue weighted by Gasteiger charge is -2.33. The highest BCUT2D eigenvalue weighted by Gasteiger charge is 2.34. The number of hydrogen-bond donors (Lipinski definition) is 1. The van der Waals surface area contributed by atoms with Gasteiger partial charge in [-0.2, -0.15) is 0 Å². The highest BCUT2D eigenvalue weighted by atomic mass is 19.3. The van der Waals surface area contributed by atoms with Crippen molar-refractivity contribution in [2.24, 2.45) is 0 Å². The Morgan fingerprint density at radius 1 is 0.952 bits per heavy atom. The van der Waals surface area contributed by atoms with E-state index in [4.69, 9.17) is 5.73 Å². The lowest BCUT2D eigenvalue weighted by molar-refractivity contribution is -0.0220. The zero-order chi connectivity index (χ0) is 14.9. The van der Waals surface area contributed by atoms with E-state index in [1.165, 1.54) is 0 Å². The third kappa shape index (κ3) is 2.99. The summed E-state index contributed by atoms with van der Waals surface area (Å²) in [6.07, 6.45) is -0.171. The smallest absolute Gasteiger partial charge is 0.251 e. The first-order valence-electron chi connectivity index (χ1n) is 7.13. The standard InChI is InChI=1S/C17H18F2N2/c18-17(19)8-10-21(11-9-17)14-6-7-16(20)15(12-14)13-4-2-1-3-5-13/h1-7,12H,8-11,20H2. The number of rotatable bonds is 2. The van der Waals surface area contributed by atoms with E-state index in [-0.39, 0.29) is 12.8 Å². The van der Waals surface area contributed by atoms with Crippen molar-refractivity contribution in [2.45, 2.75) is 18.8 Å². The molecule has 0 aliphatic carbocycles. The third-order valence-electron chi connectivity index (χ3n) is 3.98. The first-order chi connectivity index (χ1) is 10.1. The molecular formula is C17H18F2N2. The maximum atomic E-state index is 13.3. The van der Waals surface area contributed by atoms with Crippen LogP contribution in [0.5, 0.6) is 0 Å². The molecule has 0 aromatic heterocycles. The molecule has 0 atom stereocenters. The fraction of sp³-hybridized carbons (Fsp3) is 0.294. The Balaban J connectivity index is 1.88. The van der Waals surface area contributed by atoms with E-state index in [0.29, 0.717) is 18.8 Å². The maximum absolute atomic E-state index is 13.3. The van der Waals surface area contributed by atoms with Crippen molar-refractivity contribution in [3.8, 4) is 11.1 Å². The monoisotopic (exact) mass is 288 g/mol. The SMILES string of the molecule is Nc1ccc(N2CCC(F)(F)CC2)cc1-c1ccccc1. The van der Waals surface area contributed by atoms with E-state index in [2.05, 4.69) is 0 Å². The highest BCUT2D eigenvalue weighted by Crippen LogP contribution is 2.34. The van der Waals surface area contributed by atoms with Crippen LogP contribution >= 0.6 is 0 Å². The van der Waals surface area contributed by atoms with Crippen LogP contribution in [0.2, 0.25) is 0 Å². The second-order valence-electron chi connectivity index (χ2n) is 5.48. The second-order valence-corrected chi connectivity index (χ2v) is 5.48. The van der Waals surface area contributed by atoms with Gasteiger partial charge in [-0.15, -0.1) is 0 Å². The number of nitrogens with zero attached hydrogens (tertiary/aromatic N) is 1. The molecule has 0 amide bonds. The molecule has 0 unspecified atom stereocenters. The number of nitrogens with two attached hydrogens (primary N) is 1. The summed E-state index contributed by atoms with van der Waals surface area (Å²) in [5.41, 5.74) is 9.70. The summed E-state index contributed by atoms with van der Waals surface area (Å²) in [4.78, 5) is 2.00. The van der Waals surface area contributed by atoms with Crippen molar-refractivity contribution < 1.29 is 8.78 Å². The summed E-state index contributed by atoms with van der Waals surface area (Å²) in [7, 11) is 0. The van der Waals surface area contributed by atoms with Gasteiger partial charge in [-0.25, -0.2) is 8.78 Å². The average molecular weight is 288 g/mol. The molecule has 0 bridgehead atoms. The number of nitrogen functional groups attached to an aromatic ring is 1. The minimum atomic E-state index is -2.52. The highest BCUT2D eigenvalue weighted by molar-refractivity contribution is 5.79. The van der Waals surface area contributed by atoms with Gasteiger partial charge in [-0.3, -0.25) is 0 Å². The van der Waals surface area contributed by atoms with Gasteiger partial charge in [0.15, 0.2) is 0 Å². The van der Waals surface area contributed by atoms with Gasteiger partial charge in [0.1, 0.15) is 0 Å². The number of piperidine rings is 1. The molecule has 1 fully saturated rings. The number of hydrogen-bond acceptors (Lipinski definition) is 2. The second kappa shape index (κ2) is 5.35. The molecule has 1 saturated heterocycles. The molecule has 2 aromatic carbocycles. The lowest BCUT2D eigenvalue weighted by Crippen LogP contribution is -2.39. The van der Waals surface area contributed by atoms with Gasteiger partial charge >= 0.3 is 0 Å². The van der Waals surface area contributed by atoms with Gasteiger partial charge in [0.05, 0.1) is 0 Å². The van der Waals surface area contributed by atoms with E-state index >= 15 is 0 Å². The summed E-state index contributed by atoms with van der Waals surface area (Å²) < 4.78 is 26.5. The third-order valence-corrected chi connectivity index (χ3v) is 3.98. The number of alkyl halides is 2. The van der Waals surface area contributed by atoms with Crippen LogP contribution in [0, 0.1) is 0 Å². The molecule has 2 nitrogen and oxygen atoms in total. The molecular weight excluding hydrogens is 270 g/mol. The Morgan fingerprint density at radius 2 is 1.62 bits per heavy atom. The summed E-state index contributed by atoms with van der Waals surface area (Å²) in [5, 5.41) is 0. The molecule has 1 aliphatic rings. The quantitative estimate of drug-likeness (QED) is 0.840. The van der Waals surface area contributed by atoms with Crippen molar-refractivity contribution in [3.63, 3.8) is 0 Å². The Labute approximate surface area is 123 Å². The van der Waals surface area contributed by atoms with Gasteiger partial charge < -0.3 is 10.6 Å². The molecule has 2 aromatic rings. The summed E-state index contributed by atoms with van der Waals surface area (Å²) in [6.45, 7) is 0.760. The average Bonchev–Trinajstić information content (AvgIpc) is 2.49. The molecule has 2 N–H and O–H groups in total. The van der Waals surface area contributed by atoms with Crippen LogP contribution in [0.3, 0.4) is 0 Å². The minimum absolute atomic E-state index is 0.0853. The minimum Gasteiger partial charge on any atom is -0.398 e. The Kier molecular flexibility index (Phi) is 3.53. The van der Waals surface area contributed by atoms with Gasteiger partial charge in [-0.05, 0) is 23.8 Å². The normalized spacial score (nSPS) is 17.7. The molecule has 4 heteroatoms. The van der Waals surface area contributed by atoms with Crippen molar-refractivity contribution >= 4 is 11.4 Å². The topological polar surface area (TPSA) is 29.3 Å². The predicted molar refractivity (Wildman–Crippen MR) is 82.7 cm³/mol. The van der Waals surface area contributed by atoms with Crippen molar-refractivity contribution in [1.82, 2.24) is 0 Å². The Hall–Kier alpha value is -2.10. The van der Waals surface area contributed by atoms with Crippen molar-refractivity contribution in [3.05, 3.63) is 48.5 Å². The summed E-state index contributed by atoms with van der Waals surface area (Å²) in [6, 6.07) is 15.6. The Morgan fingerprint density at radius 3 is 2.29 bits per heavy atom. The molecule has 1 heterocycles. The Bertz CT molecular complexity index is 616. The first kappa shape index (κ1) is 13.9. The number of anilines is 2. The molecule has 0 spiro atoms. The summed E-state index contributed by atoms with van der Waals surface area (Å²) >= 11 is 0. The first-order valence-corrected chi connectivity index (χ1v) is 7.13. The predicted octanol–water partition coefficient (Wildman–Crippen LogP) is 4.17. The molecule has 1 aliphatic heterocycles. The van der Waals surface area contributed by atoms with E-state index in [0.717, 1.165) is 16.8 Å². The van der Waals surface area contributed by atoms with Crippen LogP contribution in [0.4, 0.5) is 20.2 Å². The zero-order valence-corrected chi connectivity index (χ0v) is 11.7. The van der Waals surface area contributed by atoms with Crippen LogP contribution < -0.4 is 10.6 Å². The van der Waals surface area contributed by atoms with Crippen LogP contribution in [-0.2, 0) is 0 Å². The lowest BCUT2D eigenvalue weighted by atomic mass is 10.0. The van der Waals surface area contributed by atoms with Crippen LogP contribution in [-0.4, -0.2) is 19.0 Å². The van der Waals surface area contributed by atoms with Crippen LogP contribution in [0.15, 0.2) is 48.5 Å². The zero-order valence-electron chi connectivity index (χ0n) is 11.7. The van der Waals surface area contributed by atoms with Gasteiger partial charge in [-0.1, -0.05) is 30.3 Å². The van der Waals surface area contributed by atoms with Gasteiger partial charge in [0.2, 0.25) is 0 Å². The van der Waals surface area contributed by atoms with Crippen molar-refractivity contribution in [2.75, 3.05) is 23.7 Å². The van der Waals surface area contributed by atoms with E-state index in [9.17, 15) is 8.78 Å². The van der Waals surface area contributed by atoms with Crippen molar-refractivity contribution in [1.29, 1.82) is 0 Å². The van der Waals surface area contributed by atoms with Crippen LogP contribution in [0.25, 0.3) is 11.1 Å². The summed E-state index contributed by atoms with van der Waals surface area (Å²) in [5.74, 6) is -2.52. The maximum Gasteiger partial charge on any atom is 0.251 e. The van der Waals surface area contributed by atoms with Crippen LogP contribution in [0.1, 0.15) is 12.8 Å². The molecule has 0 saturated carbocycles. The molecule has 3 rings (SSSR count). The van der Waals surface area contributed by atoms with Gasteiger partial charge in [0, 0.05) is 42.9 Å².